The van der Waals surface area contributed by atoms with Crippen LogP contribution in [-0.4, -0.2) is 36.6 Å². The van der Waals surface area contributed by atoms with E-state index in [0.29, 0.717) is 5.56 Å². The number of carbonyl (C=O) groups is 2. The Kier molecular flexibility index (Phi) is 5.02. The summed E-state index contributed by atoms with van der Waals surface area (Å²) in [6.07, 6.45) is -0.816. The van der Waals surface area contributed by atoms with Crippen LogP contribution >= 0.6 is 0 Å². The fraction of sp³-hybridized carbons (Fsp3) is 0.273. The Bertz CT molecular complexity index is 554. The molecule has 104 valence electrons. The van der Waals surface area contributed by atoms with Crippen LogP contribution in [-0.2, 0) is 25.4 Å². The van der Waals surface area contributed by atoms with E-state index >= 15 is 0 Å². The maximum atomic E-state index is 11.7. The number of hydrogen-bond donors (Lipinski definition) is 3. The molecule has 1 rings (SSSR count). The monoisotopic (exact) mass is 287 g/mol. The summed E-state index contributed by atoms with van der Waals surface area (Å²) in [7, 11) is -3.92. The predicted octanol–water partition coefficient (Wildman–Crippen LogP) is 0.0339. The van der Waals surface area contributed by atoms with Crippen molar-refractivity contribution in [2.24, 2.45) is 0 Å². The van der Waals surface area contributed by atoms with Crippen LogP contribution in [0.5, 0.6) is 0 Å². The minimum absolute atomic E-state index is 0.406. The smallest absolute Gasteiger partial charge is 0.322 e. The Labute approximate surface area is 109 Å². The summed E-state index contributed by atoms with van der Waals surface area (Å²) in [6.45, 7) is 0. The van der Waals surface area contributed by atoms with Gasteiger partial charge in [-0.1, -0.05) is 30.3 Å². The number of aliphatic carboxylic acids is 2. The van der Waals surface area contributed by atoms with Gasteiger partial charge in [0.25, 0.3) is 0 Å². The third kappa shape index (κ3) is 5.49. The standard InChI is InChI=1S/C11H13NO6S/c13-10(14)6-9(11(15)16)12-19(17,18)7-8-4-2-1-3-5-8/h1-5,9,12H,6-7H2,(H,13,14)(H,15,16)/t9-/m1/s1. The molecule has 8 heteroatoms. The van der Waals surface area contributed by atoms with Gasteiger partial charge in [-0.25, -0.2) is 13.1 Å². The molecule has 0 aliphatic carbocycles. The Morgan fingerprint density at radius 3 is 2.21 bits per heavy atom. The van der Waals surface area contributed by atoms with E-state index < -0.39 is 40.2 Å². The number of hydrogen-bond acceptors (Lipinski definition) is 4. The number of benzene rings is 1. The van der Waals surface area contributed by atoms with Gasteiger partial charge >= 0.3 is 11.9 Å². The SMILES string of the molecule is O=C(O)C[C@@H](NS(=O)(=O)Cc1ccccc1)C(=O)O. The van der Waals surface area contributed by atoms with Crippen molar-refractivity contribution in [1.29, 1.82) is 0 Å². The lowest BCUT2D eigenvalue weighted by Crippen LogP contribution is -2.42. The van der Waals surface area contributed by atoms with Gasteiger partial charge in [-0.15, -0.1) is 0 Å². The molecule has 1 aromatic rings. The second kappa shape index (κ2) is 6.30. The molecule has 0 bridgehead atoms. The first-order valence-electron chi connectivity index (χ1n) is 5.28. The first-order valence-corrected chi connectivity index (χ1v) is 6.94. The van der Waals surface area contributed by atoms with Gasteiger partial charge in [-0.3, -0.25) is 9.59 Å². The Morgan fingerprint density at radius 1 is 1.16 bits per heavy atom. The first-order chi connectivity index (χ1) is 8.80. The quantitative estimate of drug-likeness (QED) is 0.650. The normalized spacial score (nSPS) is 12.8. The van der Waals surface area contributed by atoms with Gasteiger partial charge in [-0.2, -0.15) is 0 Å². The number of carboxylic acid groups (broad SMARTS) is 2. The summed E-state index contributed by atoms with van der Waals surface area (Å²) >= 11 is 0. The summed E-state index contributed by atoms with van der Waals surface area (Å²) < 4.78 is 25.3. The molecule has 0 saturated carbocycles. The molecule has 19 heavy (non-hydrogen) atoms. The van der Waals surface area contributed by atoms with Gasteiger partial charge < -0.3 is 10.2 Å². The fourth-order valence-corrected chi connectivity index (χ4v) is 2.74. The summed E-state index contributed by atoms with van der Waals surface area (Å²) in [4.78, 5) is 21.2. The molecule has 7 nitrogen and oxygen atoms in total. The summed E-state index contributed by atoms with van der Waals surface area (Å²) in [5.74, 6) is -3.33. The number of rotatable bonds is 7. The lowest BCUT2D eigenvalue weighted by atomic mass is 10.2. The largest absolute Gasteiger partial charge is 0.481 e. The van der Waals surface area contributed by atoms with E-state index in [4.69, 9.17) is 10.2 Å². The molecule has 0 aliphatic rings. The average Bonchev–Trinajstić information content (AvgIpc) is 2.27. The van der Waals surface area contributed by atoms with Gasteiger partial charge in [0.15, 0.2) is 0 Å². The zero-order chi connectivity index (χ0) is 14.5. The van der Waals surface area contributed by atoms with Gasteiger partial charge in [0, 0.05) is 0 Å². The highest BCUT2D eigenvalue weighted by molar-refractivity contribution is 7.88. The van der Waals surface area contributed by atoms with Crippen molar-refractivity contribution in [3.63, 3.8) is 0 Å². The number of nitrogens with one attached hydrogen (secondary N) is 1. The highest BCUT2D eigenvalue weighted by atomic mass is 32.2. The van der Waals surface area contributed by atoms with Crippen molar-refractivity contribution in [1.82, 2.24) is 4.72 Å². The van der Waals surface area contributed by atoms with Crippen LogP contribution in [0.3, 0.4) is 0 Å². The molecule has 0 heterocycles. The Morgan fingerprint density at radius 2 is 1.74 bits per heavy atom. The van der Waals surface area contributed by atoms with Crippen LogP contribution in [0, 0.1) is 0 Å². The average molecular weight is 287 g/mol. The topological polar surface area (TPSA) is 121 Å². The minimum atomic E-state index is -3.92. The molecular formula is C11H13NO6S. The molecule has 0 aliphatic heterocycles. The van der Waals surface area contributed by atoms with Crippen molar-refractivity contribution >= 4 is 22.0 Å². The highest BCUT2D eigenvalue weighted by Gasteiger charge is 2.26. The van der Waals surface area contributed by atoms with Crippen molar-refractivity contribution in [3.8, 4) is 0 Å². The van der Waals surface area contributed by atoms with Crippen molar-refractivity contribution in [2.75, 3.05) is 0 Å². The molecule has 0 aromatic heterocycles. The van der Waals surface area contributed by atoms with Gasteiger partial charge in [0.2, 0.25) is 10.0 Å². The Hall–Kier alpha value is -1.93. The summed E-state index contributed by atoms with van der Waals surface area (Å²) in [5, 5.41) is 17.3. The third-order valence-corrected chi connectivity index (χ3v) is 3.56. The first kappa shape index (κ1) is 15.1. The van der Waals surface area contributed by atoms with Gasteiger partial charge in [0.05, 0.1) is 12.2 Å². The van der Waals surface area contributed by atoms with E-state index in [1.165, 1.54) is 0 Å². The maximum absolute atomic E-state index is 11.7. The Balaban J connectivity index is 2.77. The molecule has 0 amide bonds. The minimum Gasteiger partial charge on any atom is -0.481 e. The number of carboxylic acids is 2. The molecule has 0 radical (unpaired) electrons. The molecule has 0 fully saturated rings. The predicted molar refractivity (Wildman–Crippen MR) is 65.9 cm³/mol. The van der Waals surface area contributed by atoms with Gasteiger partial charge in [0.1, 0.15) is 6.04 Å². The molecule has 1 atom stereocenters. The van der Waals surface area contributed by atoms with Crippen LogP contribution < -0.4 is 4.72 Å². The fourth-order valence-electron chi connectivity index (χ4n) is 1.41. The van der Waals surface area contributed by atoms with E-state index in [2.05, 4.69) is 0 Å². The van der Waals surface area contributed by atoms with E-state index in [0.717, 1.165) is 0 Å². The lowest BCUT2D eigenvalue weighted by Gasteiger charge is -2.12. The van der Waals surface area contributed by atoms with Crippen LogP contribution in [0.2, 0.25) is 0 Å². The maximum Gasteiger partial charge on any atom is 0.322 e. The lowest BCUT2D eigenvalue weighted by molar-refractivity contribution is -0.145. The van der Waals surface area contributed by atoms with E-state index in [1.807, 2.05) is 4.72 Å². The number of sulfonamides is 1. The third-order valence-electron chi connectivity index (χ3n) is 2.20. The van der Waals surface area contributed by atoms with Crippen molar-refractivity contribution in [2.45, 2.75) is 18.2 Å². The van der Waals surface area contributed by atoms with Crippen LogP contribution in [0.1, 0.15) is 12.0 Å². The summed E-state index contributed by atoms with van der Waals surface area (Å²) in [6, 6.07) is 6.49. The van der Waals surface area contributed by atoms with Crippen LogP contribution in [0.25, 0.3) is 0 Å². The van der Waals surface area contributed by atoms with Crippen molar-refractivity contribution < 1.29 is 28.2 Å². The second-order valence-corrected chi connectivity index (χ2v) is 5.61. The van der Waals surface area contributed by atoms with Gasteiger partial charge in [-0.05, 0) is 5.56 Å². The van der Waals surface area contributed by atoms with Crippen LogP contribution in [0.15, 0.2) is 30.3 Å². The summed E-state index contributed by atoms with van der Waals surface area (Å²) in [5.41, 5.74) is 0.481. The molecule has 1 aromatic carbocycles. The molecule has 0 spiro atoms. The molecule has 3 N–H and O–H groups in total. The van der Waals surface area contributed by atoms with E-state index in [1.54, 1.807) is 30.3 Å². The van der Waals surface area contributed by atoms with E-state index in [-0.39, 0.29) is 0 Å². The van der Waals surface area contributed by atoms with Crippen molar-refractivity contribution in [3.05, 3.63) is 35.9 Å². The van der Waals surface area contributed by atoms with Crippen LogP contribution in [0.4, 0.5) is 0 Å². The molecule has 0 saturated heterocycles. The second-order valence-electron chi connectivity index (χ2n) is 3.85. The highest BCUT2D eigenvalue weighted by Crippen LogP contribution is 2.06. The van der Waals surface area contributed by atoms with E-state index in [9.17, 15) is 18.0 Å². The zero-order valence-corrected chi connectivity index (χ0v) is 10.6. The zero-order valence-electron chi connectivity index (χ0n) is 9.81. The molecule has 0 unspecified atom stereocenters. The molecular weight excluding hydrogens is 274 g/mol.